The number of nitrogens with one attached hydrogen (secondary N) is 3. The van der Waals surface area contributed by atoms with Crippen LogP contribution in [0.2, 0.25) is 0 Å². The highest BCUT2D eigenvalue weighted by Gasteiger charge is 2.15. The lowest BCUT2D eigenvalue weighted by Gasteiger charge is -2.20. The van der Waals surface area contributed by atoms with Crippen LogP contribution in [0.25, 0.3) is 0 Å². The normalized spacial score (nSPS) is 11.2. The number of halogens is 1. The zero-order chi connectivity index (χ0) is 21.7. The van der Waals surface area contributed by atoms with E-state index < -0.39 is 11.7 Å². The minimum absolute atomic E-state index is 0. The Morgan fingerprint density at radius 3 is 2.47 bits per heavy atom. The van der Waals surface area contributed by atoms with Crippen molar-refractivity contribution in [3.63, 3.8) is 0 Å². The fourth-order valence-electron chi connectivity index (χ4n) is 2.27. The third-order valence-corrected chi connectivity index (χ3v) is 3.80. The summed E-state index contributed by atoms with van der Waals surface area (Å²) < 4.78 is 5.17. The molecule has 0 aliphatic rings. The standard InChI is InChI=1S/C20H34N6O3.HI/c1-20(2,3)29-19(28)24-13-8-12-23-18(21-4)25-15-17(27)26(5)14-10-16-9-6-7-11-22-16;/h6-7,9,11H,8,10,12-15H2,1-5H3,(H,24,28)(H2,21,23,25);1H. The van der Waals surface area contributed by atoms with Gasteiger partial charge < -0.3 is 25.6 Å². The molecule has 170 valence electrons. The Bertz CT molecular complexity index is 664. The van der Waals surface area contributed by atoms with E-state index in [2.05, 4.69) is 25.9 Å². The van der Waals surface area contributed by atoms with Crippen molar-refractivity contribution < 1.29 is 14.3 Å². The molecule has 0 radical (unpaired) electrons. The van der Waals surface area contributed by atoms with Crippen molar-refractivity contribution in [2.24, 2.45) is 4.99 Å². The van der Waals surface area contributed by atoms with Gasteiger partial charge in [0.15, 0.2) is 5.96 Å². The Hall–Kier alpha value is -2.11. The molecule has 0 fully saturated rings. The van der Waals surface area contributed by atoms with Crippen LogP contribution in [0.15, 0.2) is 29.4 Å². The van der Waals surface area contributed by atoms with Gasteiger partial charge in [-0.05, 0) is 39.3 Å². The Kier molecular flexibility index (Phi) is 13.8. The van der Waals surface area contributed by atoms with Gasteiger partial charge in [0.2, 0.25) is 5.91 Å². The van der Waals surface area contributed by atoms with Crippen LogP contribution in [-0.4, -0.2) is 73.7 Å². The van der Waals surface area contributed by atoms with Gasteiger partial charge in [0.1, 0.15) is 5.60 Å². The predicted molar refractivity (Wildman–Crippen MR) is 129 cm³/mol. The third kappa shape index (κ3) is 13.2. The van der Waals surface area contributed by atoms with Crippen molar-refractivity contribution in [3.05, 3.63) is 30.1 Å². The first-order valence-electron chi connectivity index (χ1n) is 9.76. The van der Waals surface area contributed by atoms with Gasteiger partial charge in [-0.15, -0.1) is 24.0 Å². The van der Waals surface area contributed by atoms with Crippen molar-refractivity contribution in [2.75, 3.05) is 40.3 Å². The number of likely N-dealkylation sites (N-methyl/N-ethyl adjacent to an activating group) is 1. The number of carbonyl (C=O) groups is 2. The quantitative estimate of drug-likeness (QED) is 0.193. The summed E-state index contributed by atoms with van der Waals surface area (Å²) >= 11 is 0. The number of nitrogens with zero attached hydrogens (tertiary/aromatic N) is 3. The van der Waals surface area contributed by atoms with Crippen molar-refractivity contribution in [1.82, 2.24) is 25.8 Å². The van der Waals surface area contributed by atoms with Crippen LogP contribution in [0.5, 0.6) is 0 Å². The maximum absolute atomic E-state index is 12.2. The smallest absolute Gasteiger partial charge is 0.407 e. The molecule has 0 saturated carbocycles. The number of aliphatic imine (C=N–C) groups is 1. The summed E-state index contributed by atoms with van der Waals surface area (Å²) in [5, 5.41) is 8.80. The summed E-state index contributed by atoms with van der Waals surface area (Å²) in [5.41, 5.74) is 0.448. The first kappa shape index (κ1) is 27.9. The fourth-order valence-corrected chi connectivity index (χ4v) is 2.27. The largest absolute Gasteiger partial charge is 0.444 e. The lowest BCUT2D eigenvalue weighted by Crippen LogP contribution is -2.44. The first-order chi connectivity index (χ1) is 13.7. The van der Waals surface area contributed by atoms with Crippen LogP contribution in [-0.2, 0) is 16.0 Å². The number of alkyl carbamates (subject to hydrolysis) is 1. The van der Waals surface area contributed by atoms with E-state index in [9.17, 15) is 9.59 Å². The highest BCUT2D eigenvalue weighted by molar-refractivity contribution is 14.0. The van der Waals surface area contributed by atoms with Gasteiger partial charge in [-0.1, -0.05) is 6.07 Å². The summed E-state index contributed by atoms with van der Waals surface area (Å²) in [6.07, 6.45) is 2.72. The molecule has 2 amide bonds. The second-order valence-corrected chi connectivity index (χ2v) is 7.52. The average molecular weight is 534 g/mol. The zero-order valence-electron chi connectivity index (χ0n) is 18.5. The molecule has 10 heteroatoms. The highest BCUT2D eigenvalue weighted by Crippen LogP contribution is 2.06. The second-order valence-electron chi connectivity index (χ2n) is 7.52. The SMILES string of the molecule is CN=C(NCCCNC(=O)OC(C)(C)C)NCC(=O)N(C)CCc1ccccn1.I. The number of carbonyl (C=O) groups excluding carboxylic acids is 2. The molecule has 30 heavy (non-hydrogen) atoms. The van der Waals surface area contributed by atoms with E-state index in [0.717, 1.165) is 5.69 Å². The highest BCUT2D eigenvalue weighted by atomic mass is 127. The molecule has 9 nitrogen and oxygen atoms in total. The zero-order valence-corrected chi connectivity index (χ0v) is 20.9. The molecular weight excluding hydrogens is 499 g/mol. The predicted octanol–water partition coefficient (Wildman–Crippen LogP) is 1.78. The molecule has 1 heterocycles. The van der Waals surface area contributed by atoms with Gasteiger partial charge in [-0.25, -0.2) is 4.79 Å². The van der Waals surface area contributed by atoms with E-state index in [1.807, 2.05) is 39.0 Å². The van der Waals surface area contributed by atoms with E-state index in [1.165, 1.54) is 0 Å². The third-order valence-electron chi connectivity index (χ3n) is 3.80. The Morgan fingerprint density at radius 1 is 1.17 bits per heavy atom. The molecule has 0 aromatic carbocycles. The lowest BCUT2D eigenvalue weighted by molar-refractivity contribution is -0.128. The van der Waals surface area contributed by atoms with Gasteiger partial charge in [-0.3, -0.25) is 14.8 Å². The van der Waals surface area contributed by atoms with Crippen LogP contribution in [0, 0.1) is 0 Å². The van der Waals surface area contributed by atoms with Crippen molar-refractivity contribution in [1.29, 1.82) is 0 Å². The molecule has 3 N–H and O–H groups in total. The van der Waals surface area contributed by atoms with E-state index in [-0.39, 0.29) is 36.4 Å². The summed E-state index contributed by atoms with van der Waals surface area (Å²) in [6.45, 7) is 7.28. The molecule has 1 rings (SSSR count). The molecule has 0 unspecified atom stereocenters. The molecule has 1 aromatic heterocycles. The Balaban J connectivity index is 0.00000841. The number of pyridine rings is 1. The van der Waals surface area contributed by atoms with Crippen LogP contribution >= 0.6 is 24.0 Å². The van der Waals surface area contributed by atoms with Crippen LogP contribution in [0.1, 0.15) is 32.9 Å². The summed E-state index contributed by atoms with van der Waals surface area (Å²) in [5.74, 6) is 0.504. The molecule has 0 aliphatic carbocycles. The van der Waals surface area contributed by atoms with Crippen LogP contribution in [0.3, 0.4) is 0 Å². The minimum Gasteiger partial charge on any atom is -0.444 e. The lowest BCUT2D eigenvalue weighted by atomic mass is 10.2. The minimum atomic E-state index is -0.508. The van der Waals surface area contributed by atoms with Crippen molar-refractivity contribution in [3.8, 4) is 0 Å². The Labute approximate surface area is 196 Å². The van der Waals surface area contributed by atoms with Gasteiger partial charge in [0.25, 0.3) is 0 Å². The number of hydrogen-bond donors (Lipinski definition) is 3. The average Bonchev–Trinajstić information content (AvgIpc) is 2.67. The second kappa shape index (κ2) is 14.8. The van der Waals surface area contributed by atoms with Crippen molar-refractivity contribution in [2.45, 2.75) is 39.2 Å². The molecule has 1 aromatic rings. The summed E-state index contributed by atoms with van der Waals surface area (Å²) in [6, 6.07) is 5.75. The molecule has 0 aliphatic heterocycles. The number of ether oxygens (including phenoxy) is 1. The van der Waals surface area contributed by atoms with E-state index >= 15 is 0 Å². The van der Waals surface area contributed by atoms with E-state index in [0.29, 0.717) is 38.4 Å². The number of guanidine groups is 1. The van der Waals surface area contributed by atoms with Gasteiger partial charge >= 0.3 is 6.09 Å². The van der Waals surface area contributed by atoms with Crippen LogP contribution < -0.4 is 16.0 Å². The van der Waals surface area contributed by atoms with E-state index in [4.69, 9.17) is 4.74 Å². The monoisotopic (exact) mass is 534 g/mol. The van der Waals surface area contributed by atoms with Gasteiger partial charge in [0, 0.05) is 52.0 Å². The summed E-state index contributed by atoms with van der Waals surface area (Å²) in [7, 11) is 3.41. The number of hydrogen-bond acceptors (Lipinski definition) is 5. The van der Waals surface area contributed by atoms with Crippen molar-refractivity contribution >= 4 is 41.9 Å². The topological polar surface area (TPSA) is 108 Å². The first-order valence-corrected chi connectivity index (χ1v) is 9.76. The maximum atomic E-state index is 12.2. The molecule has 0 bridgehead atoms. The maximum Gasteiger partial charge on any atom is 0.407 e. The number of aromatic nitrogens is 1. The van der Waals surface area contributed by atoms with E-state index in [1.54, 1.807) is 25.2 Å². The molecule has 0 spiro atoms. The summed E-state index contributed by atoms with van der Waals surface area (Å²) in [4.78, 5) is 33.8. The molecular formula is C20H35IN6O3. The number of amides is 2. The van der Waals surface area contributed by atoms with Gasteiger partial charge in [-0.2, -0.15) is 0 Å². The van der Waals surface area contributed by atoms with Crippen LogP contribution in [0.4, 0.5) is 4.79 Å². The number of rotatable bonds is 9. The fraction of sp³-hybridized carbons (Fsp3) is 0.600. The molecule has 0 atom stereocenters. The molecule has 0 saturated heterocycles. The van der Waals surface area contributed by atoms with Gasteiger partial charge in [0.05, 0.1) is 6.54 Å². The Morgan fingerprint density at radius 2 is 1.87 bits per heavy atom.